The smallest absolute Gasteiger partial charge is 0.290 e. The van der Waals surface area contributed by atoms with Gasteiger partial charge in [0, 0.05) is 7.05 Å². The number of aromatic nitrogens is 2. The van der Waals surface area contributed by atoms with Crippen molar-refractivity contribution in [2.45, 2.75) is 13.3 Å². The van der Waals surface area contributed by atoms with E-state index in [1.165, 1.54) is 29.2 Å². The van der Waals surface area contributed by atoms with Crippen molar-refractivity contribution in [3.05, 3.63) is 39.1 Å². The minimum atomic E-state index is -0.624. The van der Waals surface area contributed by atoms with Crippen LogP contribution in [0.1, 0.15) is 17.5 Å². The summed E-state index contributed by atoms with van der Waals surface area (Å²) in [6, 6.07) is 7.00. The summed E-state index contributed by atoms with van der Waals surface area (Å²) in [6.07, 6.45) is 2.21. The maximum atomic E-state index is 12.4. The first kappa shape index (κ1) is 20.7. The summed E-state index contributed by atoms with van der Waals surface area (Å²) in [7, 11) is 3.22. The van der Waals surface area contributed by atoms with Crippen molar-refractivity contribution < 1.29 is 14.3 Å². The largest absolute Gasteiger partial charge is 0.493 e. The highest BCUT2D eigenvalue weighted by Crippen LogP contribution is 2.29. The number of nitrogens with zero attached hydrogens (tertiary/aromatic N) is 4. The molecular weight excluding hydrogens is 388 g/mol. The number of amides is 1. The number of hydrogen-bond donors (Lipinski definition) is 0. The van der Waals surface area contributed by atoms with Crippen LogP contribution in [-0.2, 0) is 18.3 Å². The summed E-state index contributed by atoms with van der Waals surface area (Å²) < 4.78 is 12.3. The minimum absolute atomic E-state index is 0.0853. The third-order valence-electron chi connectivity index (χ3n) is 3.43. The maximum Gasteiger partial charge on any atom is 0.290 e. The Labute approximate surface area is 166 Å². The molecule has 0 saturated carbocycles. The van der Waals surface area contributed by atoms with Crippen LogP contribution in [0.3, 0.4) is 0 Å². The summed E-state index contributed by atoms with van der Waals surface area (Å²) in [5, 5.41) is 14.5. The van der Waals surface area contributed by atoms with Crippen LogP contribution < -0.4 is 14.3 Å². The Morgan fingerprint density at radius 2 is 2.26 bits per heavy atom. The quantitative estimate of drug-likeness (QED) is 0.400. The molecule has 142 valence electrons. The number of alkyl halides is 1. The lowest BCUT2D eigenvalue weighted by Gasteiger charge is -2.10. The van der Waals surface area contributed by atoms with Crippen LogP contribution in [-0.4, -0.2) is 35.3 Å². The molecule has 0 unspecified atom stereocenters. The van der Waals surface area contributed by atoms with Crippen LogP contribution in [0.4, 0.5) is 0 Å². The summed E-state index contributed by atoms with van der Waals surface area (Å²) in [5.41, 5.74) is 0.533. The molecule has 1 aromatic carbocycles. The van der Waals surface area contributed by atoms with Crippen molar-refractivity contribution in [3.8, 4) is 17.6 Å². The fourth-order valence-corrected chi connectivity index (χ4v) is 3.03. The first-order valence-corrected chi connectivity index (χ1v) is 9.48. The third-order valence-corrected chi connectivity index (χ3v) is 4.73. The fourth-order valence-electron chi connectivity index (χ4n) is 2.14. The number of carbonyl (C=O) groups is 1. The second-order valence-corrected chi connectivity index (χ2v) is 6.71. The van der Waals surface area contributed by atoms with E-state index in [-0.39, 0.29) is 5.57 Å². The molecule has 1 heterocycles. The molecule has 9 heteroatoms. The zero-order chi connectivity index (χ0) is 19.8. The Bertz CT molecular complexity index is 956. The molecule has 0 N–H and O–H groups in total. The average molecular weight is 407 g/mol. The predicted molar refractivity (Wildman–Crippen MR) is 104 cm³/mol. The molecule has 1 amide bonds. The number of halogens is 1. The number of aryl methyl sites for hydroxylation is 2. The second-order valence-electron chi connectivity index (χ2n) is 5.29. The minimum Gasteiger partial charge on any atom is -0.493 e. The summed E-state index contributed by atoms with van der Waals surface area (Å²) in [6.45, 7) is 2.32. The number of hydrogen-bond acceptors (Lipinski definition) is 6. The van der Waals surface area contributed by atoms with E-state index in [0.717, 1.165) is 11.4 Å². The number of nitriles is 1. The molecule has 0 spiro atoms. The van der Waals surface area contributed by atoms with Crippen LogP contribution in [0.15, 0.2) is 28.8 Å². The first-order valence-electron chi connectivity index (χ1n) is 8.13. The maximum absolute atomic E-state index is 12.4. The van der Waals surface area contributed by atoms with Gasteiger partial charge in [0.25, 0.3) is 5.91 Å². The molecule has 0 fully saturated rings. The van der Waals surface area contributed by atoms with E-state index >= 15 is 0 Å². The zero-order valence-corrected chi connectivity index (χ0v) is 16.8. The van der Waals surface area contributed by atoms with Gasteiger partial charge in [-0.25, -0.2) is 4.68 Å². The molecule has 0 aliphatic rings. The molecule has 0 saturated heterocycles. The van der Waals surface area contributed by atoms with E-state index in [1.807, 2.05) is 13.0 Å². The van der Waals surface area contributed by atoms with E-state index in [0.29, 0.717) is 34.4 Å². The van der Waals surface area contributed by atoms with Gasteiger partial charge in [-0.3, -0.25) is 4.79 Å². The third kappa shape index (κ3) is 5.42. The highest BCUT2D eigenvalue weighted by molar-refractivity contribution is 7.08. The van der Waals surface area contributed by atoms with Crippen LogP contribution >= 0.6 is 22.9 Å². The van der Waals surface area contributed by atoms with Gasteiger partial charge >= 0.3 is 0 Å². The molecule has 0 aliphatic carbocycles. The van der Waals surface area contributed by atoms with Gasteiger partial charge in [0.05, 0.1) is 13.0 Å². The SMILES string of the molecule is CCc1nn(C)c(=NC(=O)C(C#N)=Cc2ccc(OCCCl)c(OC)c2)s1. The van der Waals surface area contributed by atoms with Crippen molar-refractivity contribution >= 4 is 34.9 Å². The predicted octanol–water partition coefficient (Wildman–Crippen LogP) is 2.70. The normalized spacial score (nSPS) is 12.0. The lowest BCUT2D eigenvalue weighted by Crippen LogP contribution is -2.15. The monoisotopic (exact) mass is 406 g/mol. The van der Waals surface area contributed by atoms with E-state index in [9.17, 15) is 10.1 Å². The lowest BCUT2D eigenvalue weighted by molar-refractivity contribution is -0.114. The van der Waals surface area contributed by atoms with Crippen LogP contribution in [0.25, 0.3) is 6.08 Å². The first-order chi connectivity index (χ1) is 13.0. The number of methoxy groups -OCH3 is 1. The van der Waals surface area contributed by atoms with Crippen molar-refractivity contribution in [2.75, 3.05) is 19.6 Å². The molecule has 0 aliphatic heterocycles. The number of benzene rings is 1. The summed E-state index contributed by atoms with van der Waals surface area (Å²) in [4.78, 5) is 16.9. The second kappa shape index (κ2) is 9.90. The van der Waals surface area contributed by atoms with Crippen LogP contribution in [0, 0.1) is 11.3 Å². The van der Waals surface area contributed by atoms with Gasteiger partial charge in [-0.1, -0.05) is 24.3 Å². The highest BCUT2D eigenvalue weighted by atomic mass is 35.5. The highest BCUT2D eigenvalue weighted by Gasteiger charge is 2.11. The van der Waals surface area contributed by atoms with Gasteiger partial charge in [0.1, 0.15) is 23.3 Å². The van der Waals surface area contributed by atoms with Crippen molar-refractivity contribution in [2.24, 2.45) is 12.0 Å². The van der Waals surface area contributed by atoms with Crippen LogP contribution in [0.5, 0.6) is 11.5 Å². The Morgan fingerprint density at radius 1 is 1.48 bits per heavy atom. The molecule has 0 radical (unpaired) electrons. The fraction of sp³-hybridized carbons (Fsp3) is 0.333. The van der Waals surface area contributed by atoms with Gasteiger partial charge in [0.2, 0.25) is 4.80 Å². The molecule has 0 atom stereocenters. The molecular formula is C18H19ClN4O3S. The Kier molecular flexibility index (Phi) is 7.58. The number of rotatable bonds is 7. The topological polar surface area (TPSA) is 89.5 Å². The van der Waals surface area contributed by atoms with Gasteiger partial charge in [-0.05, 0) is 30.2 Å². The zero-order valence-electron chi connectivity index (χ0n) is 15.2. The van der Waals surface area contributed by atoms with E-state index in [1.54, 1.807) is 25.2 Å². The van der Waals surface area contributed by atoms with Gasteiger partial charge in [-0.2, -0.15) is 15.4 Å². The Balaban J connectivity index is 2.33. The molecule has 2 rings (SSSR count). The molecule has 2 aromatic rings. The number of carbonyl (C=O) groups excluding carboxylic acids is 1. The van der Waals surface area contributed by atoms with Gasteiger partial charge < -0.3 is 9.47 Å². The van der Waals surface area contributed by atoms with E-state index < -0.39 is 5.91 Å². The molecule has 1 aromatic heterocycles. The van der Waals surface area contributed by atoms with Crippen molar-refractivity contribution in [1.82, 2.24) is 9.78 Å². The van der Waals surface area contributed by atoms with Gasteiger partial charge in [0.15, 0.2) is 11.5 Å². The van der Waals surface area contributed by atoms with Crippen molar-refractivity contribution in [1.29, 1.82) is 5.26 Å². The molecule has 7 nitrogen and oxygen atoms in total. The molecule has 27 heavy (non-hydrogen) atoms. The standard InChI is InChI=1S/C18H19ClN4O3S/c1-4-16-22-23(2)18(27-16)21-17(24)13(11-20)9-12-5-6-14(26-8-7-19)15(10-12)25-3/h5-6,9-10H,4,7-8H2,1-3H3. The van der Waals surface area contributed by atoms with Crippen LogP contribution in [0.2, 0.25) is 0 Å². The van der Waals surface area contributed by atoms with Gasteiger partial charge in [-0.15, -0.1) is 11.6 Å². The number of ether oxygens (including phenoxy) is 2. The molecule has 0 bridgehead atoms. The van der Waals surface area contributed by atoms with Crippen molar-refractivity contribution in [3.63, 3.8) is 0 Å². The lowest BCUT2D eigenvalue weighted by atomic mass is 10.1. The Hall–Kier alpha value is -2.63. The van der Waals surface area contributed by atoms with E-state index in [2.05, 4.69) is 10.1 Å². The van der Waals surface area contributed by atoms with E-state index in [4.69, 9.17) is 21.1 Å². The summed E-state index contributed by atoms with van der Waals surface area (Å²) >= 11 is 6.94. The average Bonchev–Trinajstić information content (AvgIpc) is 3.04. The Morgan fingerprint density at radius 3 is 2.85 bits per heavy atom. The summed E-state index contributed by atoms with van der Waals surface area (Å²) in [5.74, 6) is 0.750.